The molecule has 0 radical (unpaired) electrons. The van der Waals surface area contributed by atoms with Crippen LogP contribution in [0.15, 0.2) is 0 Å². The molecule has 3 rings (SSSR count). The summed E-state index contributed by atoms with van der Waals surface area (Å²) in [5.74, 6) is 7.95. The van der Waals surface area contributed by atoms with Crippen LogP contribution in [-0.4, -0.2) is 16.6 Å². The summed E-state index contributed by atoms with van der Waals surface area (Å²) in [5, 5.41) is 0. The maximum absolute atomic E-state index is 5.49. The second kappa shape index (κ2) is 3.99. The number of rotatable bonds is 3. The van der Waals surface area contributed by atoms with Crippen molar-refractivity contribution in [3.63, 3.8) is 0 Å². The number of nitrogens with zero attached hydrogens (tertiary/aromatic N) is 2. The first kappa shape index (κ1) is 9.99. The fraction of sp³-hybridized carbons (Fsp3) is 0.636. The molecule has 0 saturated heterocycles. The third kappa shape index (κ3) is 1.88. The van der Waals surface area contributed by atoms with E-state index < -0.39 is 0 Å². The van der Waals surface area contributed by atoms with Crippen LogP contribution in [0.5, 0.6) is 0 Å². The first-order chi connectivity index (χ1) is 7.86. The zero-order chi connectivity index (χ0) is 11.0. The molecule has 1 aromatic heterocycles. The summed E-state index contributed by atoms with van der Waals surface area (Å²) < 4.78 is 5.40. The number of ether oxygens (including phenoxy) is 1. The Morgan fingerprint density at radius 1 is 1.38 bits per heavy atom. The van der Waals surface area contributed by atoms with E-state index in [-0.39, 0.29) is 0 Å². The average molecular weight is 220 g/mol. The van der Waals surface area contributed by atoms with Gasteiger partial charge in [0.05, 0.1) is 18.9 Å². The molecule has 0 aromatic carbocycles. The largest absolute Gasteiger partial charge is 0.376 e. The zero-order valence-corrected chi connectivity index (χ0v) is 9.20. The predicted molar refractivity (Wildman–Crippen MR) is 59.6 cm³/mol. The van der Waals surface area contributed by atoms with Gasteiger partial charge in [0.2, 0.25) is 0 Å². The second-order valence-corrected chi connectivity index (χ2v) is 4.51. The fourth-order valence-corrected chi connectivity index (χ4v) is 2.07. The molecule has 0 atom stereocenters. The zero-order valence-electron chi connectivity index (χ0n) is 9.20. The highest BCUT2D eigenvalue weighted by atomic mass is 16.5. The first-order valence-corrected chi connectivity index (χ1v) is 5.80. The lowest BCUT2D eigenvalue weighted by molar-refractivity contribution is 0.109. The van der Waals surface area contributed by atoms with Gasteiger partial charge in [-0.15, -0.1) is 0 Å². The van der Waals surface area contributed by atoms with Crippen LogP contribution in [0.1, 0.15) is 29.9 Å². The standard InChI is InChI=1S/C11H16N4O/c12-15-11-8-6-16-4-3-9(8)13-10(14-11)5-7-1-2-7/h7H,1-6,12H2,(H,13,14,15). The maximum Gasteiger partial charge on any atom is 0.149 e. The number of hydrogen-bond acceptors (Lipinski definition) is 5. The lowest BCUT2D eigenvalue weighted by Gasteiger charge is -2.19. The van der Waals surface area contributed by atoms with Crippen LogP contribution in [0.3, 0.4) is 0 Å². The van der Waals surface area contributed by atoms with Gasteiger partial charge >= 0.3 is 0 Å². The number of nitrogen functional groups attached to an aromatic ring is 1. The van der Waals surface area contributed by atoms with Crippen molar-refractivity contribution in [2.75, 3.05) is 12.0 Å². The third-order valence-corrected chi connectivity index (χ3v) is 3.17. The lowest BCUT2D eigenvalue weighted by atomic mass is 10.1. The van der Waals surface area contributed by atoms with Gasteiger partial charge in [-0.1, -0.05) is 0 Å². The van der Waals surface area contributed by atoms with Gasteiger partial charge in [-0.2, -0.15) is 0 Å². The van der Waals surface area contributed by atoms with E-state index in [0.29, 0.717) is 6.61 Å². The van der Waals surface area contributed by atoms with Crippen LogP contribution in [0.4, 0.5) is 5.82 Å². The molecule has 0 unspecified atom stereocenters. The number of anilines is 1. The molecular weight excluding hydrogens is 204 g/mol. The average Bonchev–Trinajstić information content (AvgIpc) is 3.12. The monoisotopic (exact) mass is 220 g/mol. The van der Waals surface area contributed by atoms with E-state index in [1.54, 1.807) is 0 Å². The summed E-state index contributed by atoms with van der Waals surface area (Å²) in [5.41, 5.74) is 4.78. The minimum absolute atomic E-state index is 0.568. The SMILES string of the molecule is NNc1nc(CC2CC2)nc2c1COCC2. The van der Waals surface area contributed by atoms with Crippen molar-refractivity contribution in [3.8, 4) is 0 Å². The summed E-state index contributed by atoms with van der Waals surface area (Å²) in [6.07, 6.45) is 4.48. The van der Waals surface area contributed by atoms with Gasteiger partial charge in [0.25, 0.3) is 0 Å². The van der Waals surface area contributed by atoms with Crippen LogP contribution >= 0.6 is 0 Å². The van der Waals surface area contributed by atoms with Crippen molar-refractivity contribution in [2.24, 2.45) is 11.8 Å². The molecule has 1 aliphatic heterocycles. The van der Waals surface area contributed by atoms with E-state index >= 15 is 0 Å². The van der Waals surface area contributed by atoms with E-state index in [1.165, 1.54) is 12.8 Å². The molecule has 1 aromatic rings. The number of hydrogen-bond donors (Lipinski definition) is 2. The molecule has 3 N–H and O–H groups in total. The summed E-state index contributed by atoms with van der Waals surface area (Å²) in [6, 6.07) is 0. The highest BCUT2D eigenvalue weighted by molar-refractivity contribution is 5.46. The van der Waals surface area contributed by atoms with E-state index in [4.69, 9.17) is 10.6 Å². The van der Waals surface area contributed by atoms with Gasteiger partial charge in [-0.3, -0.25) is 0 Å². The van der Waals surface area contributed by atoms with E-state index in [0.717, 1.165) is 48.3 Å². The summed E-state index contributed by atoms with van der Waals surface area (Å²) in [4.78, 5) is 9.07. The topological polar surface area (TPSA) is 73.1 Å². The highest BCUT2D eigenvalue weighted by Gasteiger charge is 2.25. The van der Waals surface area contributed by atoms with Crippen molar-refractivity contribution in [2.45, 2.75) is 32.3 Å². The van der Waals surface area contributed by atoms with E-state index in [9.17, 15) is 0 Å². The molecule has 16 heavy (non-hydrogen) atoms. The van der Waals surface area contributed by atoms with Crippen LogP contribution in [0, 0.1) is 5.92 Å². The van der Waals surface area contributed by atoms with Crippen LogP contribution in [-0.2, 0) is 24.2 Å². The Morgan fingerprint density at radius 3 is 3.00 bits per heavy atom. The number of nitrogens with one attached hydrogen (secondary N) is 1. The Hall–Kier alpha value is -1.20. The number of aromatic nitrogens is 2. The van der Waals surface area contributed by atoms with Crippen molar-refractivity contribution < 1.29 is 4.74 Å². The van der Waals surface area contributed by atoms with Crippen molar-refractivity contribution >= 4 is 5.82 Å². The van der Waals surface area contributed by atoms with Gasteiger partial charge in [0.1, 0.15) is 11.6 Å². The number of fused-ring (bicyclic) bond motifs is 1. The summed E-state index contributed by atoms with van der Waals surface area (Å²) in [6.45, 7) is 1.31. The molecule has 86 valence electrons. The van der Waals surface area contributed by atoms with Crippen LogP contribution in [0.25, 0.3) is 0 Å². The van der Waals surface area contributed by atoms with E-state index in [1.807, 2.05) is 0 Å². The Kier molecular flexibility index (Phi) is 2.49. The van der Waals surface area contributed by atoms with Crippen LogP contribution in [0.2, 0.25) is 0 Å². The lowest BCUT2D eigenvalue weighted by Crippen LogP contribution is -2.20. The Labute approximate surface area is 94.4 Å². The third-order valence-electron chi connectivity index (χ3n) is 3.17. The molecule has 1 fully saturated rings. The van der Waals surface area contributed by atoms with Gasteiger partial charge < -0.3 is 10.2 Å². The normalized spacial score (nSPS) is 19.3. The molecular formula is C11H16N4O. The summed E-state index contributed by atoms with van der Waals surface area (Å²) in [7, 11) is 0. The van der Waals surface area contributed by atoms with Crippen LogP contribution < -0.4 is 11.3 Å². The smallest absolute Gasteiger partial charge is 0.149 e. The molecule has 5 nitrogen and oxygen atoms in total. The minimum atomic E-state index is 0.568. The first-order valence-electron chi connectivity index (χ1n) is 5.80. The highest BCUT2D eigenvalue weighted by Crippen LogP contribution is 2.32. The Morgan fingerprint density at radius 2 is 2.25 bits per heavy atom. The predicted octanol–water partition coefficient (Wildman–Crippen LogP) is 0.787. The quantitative estimate of drug-likeness (QED) is 0.582. The molecule has 0 amide bonds. The van der Waals surface area contributed by atoms with Crippen molar-refractivity contribution in [1.29, 1.82) is 0 Å². The van der Waals surface area contributed by atoms with Gasteiger partial charge in [-0.25, -0.2) is 15.8 Å². The molecule has 5 heteroatoms. The molecule has 1 saturated carbocycles. The molecule has 0 bridgehead atoms. The van der Waals surface area contributed by atoms with Crippen molar-refractivity contribution in [1.82, 2.24) is 9.97 Å². The molecule has 1 aliphatic carbocycles. The molecule has 2 aliphatic rings. The van der Waals surface area contributed by atoms with E-state index in [2.05, 4.69) is 15.4 Å². The summed E-state index contributed by atoms with van der Waals surface area (Å²) >= 11 is 0. The molecule has 2 heterocycles. The Balaban J connectivity index is 1.94. The van der Waals surface area contributed by atoms with Crippen molar-refractivity contribution in [3.05, 3.63) is 17.1 Å². The Bertz CT molecular complexity index is 386. The molecule has 0 spiro atoms. The minimum Gasteiger partial charge on any atom is -0.376 e. The van der Waals surface area contributed by atoms with Gasteiger partial charge in [0, 0.05) is 18.4 Å². The number of hydrazine groups is 1. The fourth-order valence-electron chi connectivity index (χ4n) is 2.07. The second-order valence-electron chi connectivity index (χ2n) is 4.51. The number of nitrogens with two attached hydrogens (primary N) is 1. The maximum atomic E-state index is 5.49. The van der Waals surface area contributed by atoms with Gasteiger partial charge in [0.15, 0.2) is 0 Å². The van der Waals surface area contributed by atoms with Gasteiger partial charge in [-0.05, 0) is 18.8 Å².